The fourth-order valence-electron chi connectivity index (χ4n) is 7.91. The Labute approximate surface area is 328 Å². The first kappa shape index (κ1) is 49.7. The van der Waals surface area contributed by atoms with Crippen molar-refractivity contribution < 1.29 is 23.9 Å². The second kappa shape index (κ2) is 31.8. The van der Waals surface area contributed by atoms with Crippen LogP contribution in [-0.2, 0) is 23.9 Å². The van der Waals surface area contributed by atoms with Gasteiger partial charge >= 0.3 is 5.97 Å². The molecule has 0 aromatic heterocycles. The highest BCUT2D eigenvalue weighted by atomic mass is 16.5. The van der Waals surface area contributed by atoms with Crippen LogP contribution in [0.25, 0.3) is 0 Å². The van der Waals surface area contributed by atoms with Crippen molar-refractivity contribution in [2.45, 2.75) is 227 Å². The number of Topliss-reactive ketones (excluding diaryl/α,β-unsaturated/α-hetero) is 2. The summed E-state index contributed by atoms with van der Waals surface area (Å²) in [6, 6.07) is 0.363. The number of carbonyl (C=O) groups excluding carboxylic acids is 3. The van der Waals surface area contributed by atoms with E-state index in [-0.39, 0.29) is 29.2 Å². The standard InChI is InChI=1S/C46H88N2O5/c1-7-9-11-13-16-22-28-43(29-23-17-14-12-10-8-2)53-45(51)30-24-18-15-21-27-35-52-38-42-36-41(39(3)44(50)31-33-47)37-48(42)34-26-20-19-25-32-46(5,6)40(4)49/h39,41-43H,7-38,47H2,1-6H3/t39?,41-,42-/m0/s1. The van der Waals surface area contributed by atoms with Crippen LogP contribution < -0.4 is 5.73 Å². The van der Waals surface area contributed by atoms with Crippen molar-refractivity contribution in [1.82, 2.24) is 4.90 Å². The van der Waals surface area contributed by atoms with Crippen LogP contribution in [-0.4, -0.2) is 67.4 Å². The second-order valence-corrected chi connectivity index (χ2v) is 17.4. The van der Waals surface area contributed by atoms with Crippen LogP contribution in [0.4, 0.5) is 0 Å². The van der Waals surface area contributed by atoms with Crippen molar-refractivity contribution in [2.75, 3.05) is 32.8 Å². The Balaban J connectivity index is 2.35. The Morgan fingerprint density at radius 1 is 0.736 bits per heavy atom. The fourth-order valence-corrected chi connectivity index (χ4v) is 7.91. The lowest BCUT2D eigenvalue weighted by molar-refractivity contribution is -0.150. The highest BCUT2D eigenvalue weighted by Gasteiger charge is 2.36. The van der Waals surface area contributed by atoms with E-state index in [4.69, 9.17) is 15.2 Å². The first-order valence-electron chi connectivity index (χ1n) is 22.8. The van der Waals surface area contributed by atoms with Crippen LogP contribution in [0.15, 0.2) is 0 Å². The van der Waals surface area contributed by atoms with Gasteiger partial charge in [-0.1, -0.05) is 137 Å². The summed E-state index contributed by atoms with van der Waals surface area (Å²) < 4.78 is 12.3. The first-order valence-corrected chi connectivity index (χ1v) is 22.8. The van der Waals surface area contributed by atoms with Gasteiger partial charge in [0.05, 0.1) is 6.61 Å². The summed E-state index contributed by atoms with van der Waals surface area (Å²) in [5, 5.41) is 0. The van der Waals surface area contributed by atoms with E-state index in [0.29, 0.717) is 37.1 Å². The molecule has 53 heavy (non-hydrogen) atoms. The molecule has 0 spiro atoms. The molecular weight excluding hydrogens is 661 g/mol. The highest BCUT2D eigenvalue weighted by Crippen LogP contribution is 2.31. The van der Waals surface area contributed by atoms with Crippen LogP contribution >= 0.6 is 0 Å². The zero-order chi connectivity index (χ0) is 39.2. The number of hydrogen-bond acceptors (Lipinski definition) is 7. The largest absolute Gasteiger partial charge is 0.462 e. The average Bonchev–Trinajstić information content (AvgIpc) is 3.53. The molecule has 3 atom stereocenters. The van der Waals surface area contributed by atoms with Gasteiger partial charge in [-0.05, 0) is 83.7 Å². The molecule has 2 N–H and O–H groups in total. The molecule has 0 aliphatic carbocycles. The van der Waals surface area contributed by atoms with E-state index < -0.39 is 0 Å². The van der Waals surface area contributed by atoms with Gasteiger partial charge in [-0.25, -0.2) is 0 Å². The molecule has 1 aliphatic heterocycles. The summed E-state index contributed by atoms with van der Waals surface area (Å²) >= 11 is 0. The summed E-state index contributed by atoms with van der Waals surface area (Å²) in [5.41, 5.74) is 5.49. The first-order chi connectivity index (χ1) is 25.5. The summed E-state index contributed by atoms with van der Waals surface area (Å²) in [5.74, 6) is 0.989. The maximum atomic E-state index is 12.8. The second-order valence-electron chi connectivity index (χ2n) is 17.4. The zero-order valence-electron chi connectivity index (χ0n) is 36.0. The van der Waals surface area contributed by atoms with E-state index in [0.717, 1.165) is 103 Å². The molecule has 0 radical (unpaired) electrons. The Morgan fingerprint density at radius 3 is 1.89 bits per heavy atom. The smallest absolute Gasteiger partial charge is 0.306 e. The summed E-state index contributed by atoms with van der Waals surface area (Å²) in [7, 11) is 0. The van der Waals surface area contributed by atoms with Crippen LogP contribution in [0.1, 0.15) is 215 Å². The normalized spacial score (nSPS) is 17.1. The lowest BCUT2D eigenvalue weighted by atomic mass is 9.83. The molecule has 0 aromatic rings. The zero-order valence-corrected chi connectivity index (χ0v) is 36.0. The predicted octanol–water partition coefficient (Wildman–Crippen LogP) is 11.6. The maximum Gasteiger partial charge on any atom is 0.306 e. The van der Waals surface area contributed by atoms with Crippen LogP contribution in [0.5, 0.6) is 0 Å². The van der Waals surface area contributed by atoms with Gasteiger partial charge in [0.1, 0.15) is 17.7 Å². The van der Waals surface area contributed by atoms with Gasteiger partial charge in [0.2, 0.25) is 0 Å². The third-order valence-corrected chi connectivity index (χ3v) is 12.2. The van der Waals surface area contributed by atoms with Gasteiger partial charge in [0.15, 0.2) is 0 Å². The number of nitrogens with two attached hydrogens (primary N) is 1. The molecule has 1 saturated heterocycles. The molecule has 7 heteroatoms. The van der Waals surface area contributed by atoms with Gasteiger partial charge in [0, 0.05) is 43.4 Å². The van der Waals surface area contributed by atoms with Crippen LogP contribution in [0, 0.1) is 17.3 Å². The number of esters is 1. The van der Waals surface area contributed by atoms with E-state index in [9.17, 15) is 14.4 Å². The van der Waals surface area contributed by atoms with Crippen molar-refractivity contribution >= 4 is 17.5 Å². The van der Waals surface area contributed by atoms with E-state index in [1.165, 1.54) is 83.5 Å². The lowest BCUT2D eigenvalue weighted by Crippen LogP contribution is -2.34. The molecule has 1 unspecified atom stereocenters. The van der Waals surface area contributed by atoms with E-state index in [1.54, 1.807) is 6.92 Å². The third-order valence-electron chi connectivity index (χ3n) is 12.2. The van der Waals surface area contributed by atoms with Crippen LogP contribution in [0.3, 0.4) is 0 Å². The molecule has 0 bridgehead atoms. The molecule has 1 heterocycles. The number of ether oxygens (including phenoxy) is 2. The van der Waals surface area contributed by atoms with Gasteiger partial charge in [-0.3, -0.25) is 19.3 Å². The molecule has 312 valence electrons. The van der Waals surface area contributed by atoms with Gasteiger partial charge in [-0.15, -0.1) is 0 Å². The number of unbranched alkanes of at least 4 members (excludes halogenated alkanes) is 17. The SMILES string of the molecule is CCCCCCCCC(CCCCCCCC)OC(=O)CCCCCCCOC[C@@H]1C[C@H](C(C)C(=O)CCN)CN1CCCCCCC(C)(C)C(C)=O. The third kappa shape index (κ3) is 24.7. The molecule has 7 nitrogen and oxygen atoms in total. The fraction of sp³-hybridized carbons (Fsp3) is 0.935. The van der Waals surface area contributed by atoms with Crippen molar-refractivity contribution in [2.24, 2.45) is 23.0 Å². The van der Waals surface area contributed by atoms with E-state index >= 15 is 0 Å². The molecule has 1 fully saturated rings. The number of rotatable bonds is 37. The molecule has 0 amide bonds. The van der Waals surface area contributed by atoms with Gasteiger partial charge in [0.25, 0.3) is 0 Å². The summed E-state index contributed by atoms with van der Waals surface area (Å²) in [6.45, 7) is 16.3. The minimum Gasteiger partial charge on any atom is -0.462 e. The number of ketones is 2. The summed E-state index contributed by atoms with van der Waals surface area (Å²) in [6.07, 6.45) is 30.3. The highest BCUT2D eigenvalue weighted by molar-refractivity contribution is 5.81. The van der Waals surface area contributed by atoms with Gasteiger partial charge in [-0.2, -0.15) is 0 Å². The van der Waals surface area contributed by atoms with Crippen molar-refractivity contribution in [3.63, 3.8) is 0 Å². The number of hydrogen-bond donors (Lipinski definition) is 1. The van der Waals surface area contributed by atoms with Crippen molar-refractivity contribution in [3.8, 4) is 0 Å². The maximum absolute atomic E-state index is 12.8. The Bertz CT molecular complexity index is 908. The van der Waals surface area contributed by atoms with E-state index in [1.807, 2.05) is 0 Å². The van der Waals surface area contributed by atoms with Crippen molar-refractivity contribution in [3.05, 3.63) is 0 Å². The predicted molar refractivity (Wildman–Crippen MR) is 223 cm³/mol. The molecule has 1 aliphatic rings. The van der Waals surface area contributed by atoms with Gasteiger partial charge < -0.3 is 15.2 Å². The molecule has 1 rings (SSSR count). The number of carbonyl (C=O) groups is 3. The van der Waals surface area contributed by atoms with Crippen LogP contribution in [0.2, 0.25) is 0 Å². The molecule has 0 aromatic carbocycles. The number of likely N-dealkylation sites (tertiary alicyclic amines) is 1. The van der Waals surface area contributed by atoms with E-state index in [2.05, 4.69) is 39.5 Å². The minimum atomic E-state index is -0.214. The monoisotopic (exact) mass is 749 g/mol. The Kier molecular flexibility index (Phi) is 29.9. The number of nitrogens with zero attached hydrogens (tertiary/aromatic N) is 1. The topological polar surface area (TPSA) is 98.9 Å². The summed E-state index contributed by atoms with van der Waals surface area (Å²) in [4.78, 5) is 39.8. The lowest BCUT2D eigenvalue weighted by Gasteiger charge is -2.24. The molecular formula is C46H88N2O5. The van der Waals surface area contributed by atoms with Crippen molar-refractivity contribution in [1.29, 1.82) is 0 Å². The quantitative estimate of drug-likeness (QED) is 0.0499. The molecule has 0 saturated carbocycles. The average molecular weight is 749 g/mol. The minimum absolute atomic E-state index is 0.00527. The Morgan fingerprint density at radius 2 is 1.28 bits per heavy atom. The Hall–Kier alpha value is -1.31.